The van der Waals surface area contributed by atoms with E-state index in [4.69, 9.17) is 44.5 Å². The molecular formula is C94H104Cl3F7N16O7S3. The number of morpholine rings is 1. The molecule has 0 spiro atoms. The second kappa shape index (κ2) is 38.5. The maximum absolute atomic E-state index is 15.4. The second-order valence-electron chi connectivity index (χ2n) is 35.6. The fourth-order valence-electron chi connectivity index (χ4n) is 20.7. The van der Waals surface area contributed by atoms with Crippen LogP contribution in [0.3, 0.4) is 0 Å². The van der Waals surface area contributed by atoms with E-state index in [9.17, 15) is 46.3 Å². The first-order valence-corrected chi connectivity index (χ1v) is 47.9. The number of aromatic nitrogens is 6. The molecule has 690 valence electrons. The summed E-state index contributed by atoms with van der Waals surface area (Å²) in [6.07, 6.45) is 3.54. The Balaban J connectivity index is 0.000000143. The van der Waals surface area contributed by atoms with Gasteiger partial charge in [0.25, 0.3) is 0 Å². The Bertz CT molecular complexity index is 5990. The van der Waals surface area contributed by atoms with Crippen molar-refractivity contribution in [2.75, 3.05) is 163 Å². The minimum Gasteiger partial charge on any atom is -0.379 e. The molecule has 6 aromatic carbocycles. The lowest BCUT2D eigenvalue weighted by Crippen LogP contribution is -2.58. The molecule has 3 aromatic heterocycles. The third kappa shape index (κ3) is 18.0. The largest absolute Gasteiger partial charge is 0.379 e. The maximum Gasteiger partial charge on any atom is 0.350 e. The summed E-state index contributed by atoms with van der Waals surface area (Å²) in [5.74, 6) is -1.78. The molecule has 0 N–H and O–H groups in total. The number of amides is 3. The molecule has 18 rings (SSSR count). The molecule has 4 unspecified atom stereocenters. The molecule has 23 nitrogen and oxygen atoms in total. The molecule has 0 saturated carbocycles. The highest BCUT2D eigenvalue weighted by molar-refractivity contribution is 8.00. The summed E-state index contributed by atoms with van der Waals surface area (Å²) in [5, 5.41) is 1.79. The van der Waals surface area contributed by atoms with Crippen molar-refractivity contribution < 1.29 is 49.9 Å². The number of hydrogen-bond donors (Lipinski definition) is 0. The lowest BCUT2D eigenvalue weighted by Gasteiger charge is -2.45. The Labute approximate surface area is 777 Å². The molecule has 6 saturated heterocycles. The van der Waals surface area contributed by atoms with E-state index in [1.807, 2.05) is 95.2 Å². The minimum absolute atomic E-state index is 0.127. The number of halogens is 10. The van der Waals surface area contributed by atoms with E-state index in [2.05, 4.69) is 61.3 Å². The number of anilines is 3. The van der Waals surface area contributed by atoms with Crippen LogP contribution in [0.2, 0.25) is 15.1 Å². The van der Waals surface area contributed by atoms with Crippen LogP contribution < -0.4 is 31.8 Å². The van der Waals surface area contributed by atoms with E-state index in [0.29, 0.717) is 164 Å². The first-order valence-electron chi connectivity index (χ1n) is 43.8. The zero-order chi connectivity index (χ0) is 92.8. The van der Waals surface area contributed by atoms with E-state index < -0.39 is 46.8 Å². The van der Waals surface area contributed by atoms with Crippen LogP contribution in [-0.4, -0.2) is 272 Å². The molecule has 6 fully saturated rings. The van der Waals surface area contributed by atoms with Crippen LogP contribution in [0, 0.1) is 55.7 Å². The summed E-state index contributed by atoms with van der Waals surface area (Å²) in [5.41, 5.74) is 5.40. The highest BCUT2D eigenvalue weighted by atomic mass is 35.5. The average molecular weight is 1910 g/mol. The summed E-state index contributed by atoms with van der Waals surface area (Å²) < 4.78 is 113. The average Bonchev–Trinajstić information content (AvgIpc) is 0.758. The number of alkyl halides is 1. The molecule has 10 atom stereocenters. The number of carbonyl (C=O) groups is 3. The standard InChI is InChI=1S/C32H37ClF2N6O2S.C31H33ClF3N5O2S.C31H34ClF2N5O3S/c1-6-27(42)40-19(3)14-39(15-20(40)4)31-23-11-18(2)28(22-12-24(33)26(35)13-25(22)34)30-29(23)41(32(43)36-31)21(17-44-30)16-38-9-7-37(5)8-10-38;1-5-26(41)39-17(3)11-38(12-18(39)4)30-22-8-16(2)27(21-9-23(32)25(35)10-24(21)34)29-28(22)40(31(42)36-30)20(15-43-29)14-37-7-6-19(33)13-37;1-5-26(40)38-18(3)13-37(14-19(38)4)30-22-10-17(2)27(21-11-23(32)25(34)12-24(21)33)29-28(22)39(31(41)35-30)20(16-43-29)15-36-6-8-42-9-7-36/h6,11-13,19-21H,1,7-10,14-17H2,2-5H3;5,8-10,17-20H,1,6-7,11-15H2,2-4H3;5,10-12,18-20H,1,6-9,13-16H2,2-4H3/t19-,20+,21?;17-,18+,19?,20?;18-,19+,20?. The molecule has 3 amide bonds. The Hall–Kier alpha value is -9.00. The highest BCUT2D eigenvalue weighted by Crippen LogP contribution is 2.52. The van der Waals surface area contributed by atoms with Gasteiger partial charge in [-0.3, -0.25) is 42.8 Å². The van der Waals surface area contributed by atoms with Gasteiger partial charge in [-0.05, 0) is 147 Å². The van der Waals surface area contributed by atoms with Gasteiger partial charge >= 0.3 is 17.1 Å². The number of hydrogen-bond acceptors (Lipinski definition) is 20. The molecule has 130 heavy (non-hydrogen) atoms. The van der Waals surface area contributed by atoms with Gasteiger partial charge < -0.3 is 39.0 Å². The topological polar surface area (TPSA) is 198 Å². The predicted octanol–water partition coefficient (Wildman–Crippen LogP) is 15.3. The Morgan fingerprint density at radius 2 is 0.715 bits per heavy atom. The van der Waals surface area contributed by atoms with E-state index in [-0.39, 0.29) is 115 Å². The molecule has 0 bridgehead atoms. The van der Waals surface area contributed by atoms with Gasteiger partial charge in [0.05, 0.1) is 63.0 Å². The number of likely N-dealkylation sites (N-methyl/N-ethyl adjacent to an activating group) is 1. The number of thioether (sulfide) groups is 3. The molecule has 12 heterocycles. The fraction of sp³-hybridized carbons (Fsp3) is 0.457. The number of likely N-dealkylation sites (tertiary alicyclic amines) is 1. The Morgan fingerprint density at radius 1 is 0.423 bits per heavy atom. The highest BCUT2D eigenvalue weighted by Gasteiger charge is 2.43. The van der Waals surface area contributed by atoms with Crippen LogP contribution in [0.15, 0.2) is 122 Å². The van der Waals surface area contributed by atoms with Crippen LogP contribution in [0.1, 0.15) is 82.8 Å². The van der Waals surface area contributed by atoms with Crippen molar-refractivity contribution in [2.45, 2.75) is 144 Å². The van der Waals surface area contributed by atoms with Gasteiger partial charge in [0.2, 0.25) is 17.7 Å². The van der Waals surface area contributed by atoms with Gasteiger partial charge in [-0.2, -0.15) is 15.0 Å². The Kier molecular flexibility index (Phi) is 27.9. The lowest BCUT2D eigenvalue weighted by atomic mass is 9.96. The van der Waals surface area contributed by atoms with Gasteiger partial charge in [0, 0.05) is 247 Å². The van der Waals surface area contributed by atoms with Gasteiger partial charge in [-0.25, -0.2) is 45.1 Å². The van der Waals surface area contributed by atoms with Gasteiger partial charge in [0.1, 0.15) is 58.5 Å². The smallest absolute Gasteiger partial charge is 0.350 e. The molecule has 0 aliphatic carbocycles. The number of aryl methyl sites for hydroxylation is 3. The summed E-state index contributed by atoms with van der Waals surface area (Å²) in [6.45, 7) is 40.6. The molecule has 36 heteroatoms. The van der Waals surface area contributed by atoms with Crippen molar-refractivity contribution in [3.63, 3.8) is 0 Å². The van der Waals surface area contributed by atoms with E-state index in [1.54, 1.807) is 47.0 Å². The van der Waals surface area contributed by atoms with Crippen LogP contribution in [0.5, 0.6) is 0 Å². The summed E-state index contributed by atoms with van der Waals surface area (Å²) in [4.78, 5) is 116. The fourth-order valence-corrected chi connectivity index (χ4v) is 25.3. The van der Waals surface area contributed by atoms with Crippen LogP contribution in [0.4, 0.5) is 48.2 Å². The van der Waals surface area contributed by atoms with Crippen molar-refractivity contribution in [3.05, 3.63) is 191 Å². The van der Waals surface area contributed by atoms with Crippen LogP contribution in [-0.2, 0) is 19.1 Å². The molecule has 9 aliphatic rings. The summed E-state index contributed by atoms with van der Waals surface area (Å²) in [7, 11) is 2.11. The third-order valence-corrected chi connectivity index (χ3v) is 31.1. The van der Waals surface area contributed by atoms with Gasteiger partial charge in [0.15, 0.2) is 0 Å². The molecule has 0 radical (unpaired) electrons. The van der Waals surface area contributed by atoms with Crippen LogP contribution in [0.25, 0.3) is 66.1 Å². The van der Waals surface area contributed by atoms with E-state index in [0.717, 1.165) is 100 Å². The zero-order valence-corrected chi connectivity index (χ0v) is 78.8. The minimum atomic E-state index is -0.892. The van der Waals surface area contributed by atoms with Crippen LogP contribution >= 0.6 is 70.1 Å². The first-order chi connectivity index (χ1) is 62.0. The SMILES string of the molecule is C=CC(=O)N1[C@H](C)CN(c2nc(=O)n3c4c(c(-c5cc(Cl)c(F)cc5F)c(C)cc24)SCC3CN2CCC(F)C2)C[C@@H]1C.C=CC(=O)N1[C@H](C)CN(c2nc(=O)n3c4c(c(-c5cc(Cl)c(F)cc5F)c(C)cc24)SCC3CN2CCN(C)CC2)C[C@@H]1C.C=CC(=O)N1[C@H](C)CN(c2nc(=O)n3c4c(c(-c5cc(Cl)c(F)cc5F)c(C)cc24)SCC3CN2CCOCC2)C[C@@H]1C. The zero-order valence-electron chi connectivity index (χ0n) is 74.1. The number of rotatable bonds is 15. The summed E-state index contributed by atoms with van der Waals surface area (Å²) >= 11 is 23.1. The molecular weight excluding hydrogens is 1800 g/mol. The number of benzene rings is 6. The molecule has 9 aliphatic heterocycles. The summed E-state index contributed by atoms with van der Waals surface area (Å²) in [6, 6.07) is 10.7. The van der Waals surface area contributed by atoms with E-state index in [1.165, 1.54) is 48.2 Å². The van der Waals surface area contributed by atoms with Gasteiger partial charge in [-0.15, -0.1) is 35.3 Å². The molecule has 9 aromatic rings. The monoisotopic (exact) mass is 1900 g/mol. The quantitative estimate of drug-likeness (QED) is 0.0533. The first kappa shape index (κ1) is 94.2. The maximum atomic E-state index is 15.4. The van der Waals surface area contributed by atoms with Crippen molar-refractivity contribution in [3.8, 4) is 33.4 Å². The van der Waals surface area contributed by atoms with Crippen molar-refractivity contribution in [1.29, 1.82) is 0 Å². The van der Waals surface area contributed by atoms with Crippen molar-refractivity contribution >= 4 is 138 Å². The Morgan fingerprint density at radius 3 is 1.00 bits per heavy atom. The van der Waals surface area contributed by atoms with E-state index >= 15 is 13.2 Å². The van der Waals surface area contributed by atoms with Crippen molar-refractivity contribution in [2.24, 2.45) is 0 Å². The van der Waals surface area contributed by atoms with Crippen molar-refractivity contribution in [1.82, 2.24) is 63.0 Å². The third-order valence-electron chi connectivity index (χ3n) is 26.5. The number of piperazine rings is 4. The number of ether oxygens (including phenoxy) is 1. The van der Waals surface area contributed by atoms with Gasteiger partial charge in [-0.1, -0.05) is 54.5 Å². The number of carbonyl (C=O) groups excluding carboxylic acids is 3. The number of nitrogens with zero attached hydrogens (tertiary/aromatic N) is 16. The lowest BCUT2D eigenvalue weighted by molar-refractivity contribution is -0.131. The normalized spacial score (nSPS) is 23.3. The second-order valence-corrected chi connectivity index (χ2v) is 39.9. The predicted molar refractivity (Wildman–Crippen MR) is 504 cm³/mol.